The second-order valence-electron chi connectivity index (χ2n) is 6.22. The third-order valence-corrected chi connectivity index (χ3v) is 4.10. The van der Waals surface area contributed by atoms with E-state index < -0.39 is 0 Å². The van der Waals surface area contributed by atoms with Crippen LogP contribution in [0.5, 0.6) is 11.5 Å². The summed E-state index contributed by atoms with van der Waals surface area (Å²) in [4.78, 5) is 5.98. The van der Waals surface area contributed by atoms with Gasteiger partial charge in [0.1, 0.15) is 17.3 Å². The van der Waals surface area contributed by atoms with Crippen molar-refractivity contribution in [3.63, 3.8) is 0 Å². The maximum Gasteiger partial charge on any atom is 0.130 e. The Morgan fingerprint density at radius 1 is 0.962 bits per heavy atom. The summed E-state index contributed by atoms with van der Waals surface area (Å²) in [7, 11) is 3.87. The molecule has 132 valence electrons. The molecule has 0 aliphatic carbocycles. The highest BCUT2D eigenvalue weighted by Gasteiger charge is 2.09. The molecule has 0 saturated carbocycles. The molecule has 0 aromatic heterocycles. The minimum Gasteiger partial charge on any atom is -0.457 e. The van der Waals surface area contributed by atoms with Crippen LogP contribution in [0.1, 0.15) is 11.1 Å². The third-order valence-electron chi connectivity index (χ3n) is 4.10. The van der Waals surface area contributed by atoms with Gasteiger partial charge >= 0.3 is 0 Å². The standard InChI is InChI=1S/C22H21FN2O/c1-24-21-15-19(11-12-22(21)25(2)3)26-18-10-9-17(20(23)14-18)13-16-7-5-4-6-8-16/h4-12,14-15H,1,13H2,2-3H3. The molecule has 0 N–H and O–H groups in total. The van der Waals surface area contributed by atoms with Gasteiger partial charge < -0.3 is 9.64 Å². The average molecular weight is 348 g/mol. The van der Waals surface area contributed by atoms with Gasteiger partial charge in [0.2, 0.25) is 0 Å². The molecular formula is C22H21FN2O. The molecule has 3 nitrogen and oxygen atoms in total. The zero-order chi connectivity index (χ0) is 18.5. The van der Waals surface area contributed by atoms with Crippen molar-refractivity contribution in [2.24, 2.45) is 4.99 Å². The second kappa shape index (κ2) is 7.83. The molecule has 0 fully saturated rings. The van der Waals surface area contributed by atoms with E-state index in [9.17, 15) is 4.39 Å². The molecule has 0 amide bonds. The van der Waals surface area contributed by atoms with E-state index in [0.29, 0.717) is 29.2 Å². The Hall–Kier alpha value is -3.14. The van der Waals surface area contributed by atoms with E-state index in [4.69, 9.17) is 4.74 Å². The van der Waals surface area contributed by atoms with Gasteiger partial charge in [0.15, 0.2) is 0 Å². The molecular weight excluding hydrogens is 327 g/mol. The lowest BCUT2D eigenvalue weighted by Crippen LogP contribution is -2.08. The average Bonchev–Trinajstić information content (AvgIpc) is 2.64. The van der Waals surface area contributed by atoms with Gasteiger partial charge in [-0.2, -0.15) is 0 Å². The maximum absolute atomic E-state index is 14.4. The first-order chi connectivity index (χ1) is 12.6. The third kappa shape index (κ3) is 4.09. The molecule has 26 heavy (non-hydrogen) atoms. The number of benzene rings is 3. The normalized spacial score (nSPS) is 10.4. The van der Waals surface area contributed by atoms with Gasteiger partial charge in [-0.05, 0) is 36.0 Å². The maximum atomic E-state index is 14.4. The summed E-state index contributed by atoms with van der Waals surface area (Å²) in [5, 5.41) is 0. The summed E-state index contributed by atoms with van der Waals surface area (Å²) < 4.78 is 20.2. The van der Waals surface area contributed by atoms with Gasteiger partial charge in [0, 0.05) is 32.6 Å². The summed E-state index contributed by atoms with van der Waals surface area (Å²) in [6.07, 6.45) is 0.551. The molecule has 3 rings (SSSR count). The Morgan fingerprint density at radius 3 is 2.31 bits per heavy atom. The largest absolute Gasteiger partial charge is 0.457 e. The quantitative estimate of drug-likeness (QED) is 0.541. The van der Waals surface area contributed by atoms with Gasteiger partial charge in [-0.15, -0.1) is 0 Å². The number of hydrogen-bond acceptors (Lipinski definition) is 3. The fraction of sp³-hybridized carbons (Fsp3) is 0.136. The minimum absolute atomic E-state index is 0.279. The monoisotopic (exact) mass is 348 g/mol. The summed E-state index contributed by atoms with van der Waals surface area (Å²) in [6, 6.07) is 20.3. The number of nitrogens with zero attached hydrogens (tertiary/aromatic N) is 2. The predicted octanol–water partition coefficient (Wildman–Crippen LogP) is 5.61. The van der Waals surface area contributed by atoms with Crippen molar-refractivity contribution in [1.29, 1.82) is 0 Å². The molecule has 0 radical (unpaired) electrons. The molecule has 0 heterocycles. The van der Waals surface area contributed by atoms with Gasteiger partial charge in [0.25, 0.3) is 0 Å². The van der Waals surface area contributed by atoms with Gasteiger partial charge in [-0.25, -0.2) is 4.39 Å². The van der Waals surface area contributed by atoms with Crippen molar-refractivity contribution in [2.45, 2.75) is 6.42 Å². The van der Waals surface area contributed by atoms with E-state index in [1.54, 1.807) is 18.2 Å². The van der Waals surface area contributed by atoms with Crippen LogP contribution in [0.3, 0.4) is 0 Å². The highest BCUT2D eigenvalue weighted by Crippen LogP contribution is 2.33. The van der Waals surface area contributed by atoms with E-state index in [1.807, 2.05) is 61.5 Å². The van der Waals surface area contributed by atoms with Crippen molar-refractivity contribution < 1.29 is 9.13 Å². The molecule has 0 aliphatic rings. The highest BCUT2D eigenvalue weighted by molar-refractivity contribution is 5.70. The number of halogens is 1. The lowest BCUT2D eigenvalue weighted by atomic mass is 10.0. The number of ether oxygens (including phenoxy) is 1. The fourth-order valence-corrected chi connectivity index (χ4v) is 2.76. The molecule has 4 heteroatoms. The molecule has 3 aromatic rings. The fourth-order valence-electron chi connectivity index (χ4n) is 2.76. The summed E-state index contributed by atoms with van der Waals surface area (Å²) in [6.45, 7) is 3.60. The van der Waals surface area contributed by atoms with Gasteiger partial charge in [-0.1, -0.05) is 36.4 Å². The van der Waals surface area contributed by atoms with Crippen LogP contribution in [0.25, 0.3) is 0 Å². The van der Waals surface area contributed by atoms with E-state index >= 15 is 0 Å². The van der Waals surface area contributed by atoms with Crippen molar-refractivity contribution in [1.82, 2.24) is 0 Å². The first kappa shape index (κ1) is 17.7. The summed E-state index contributed by atoms with van der Waals surface area (Å²) >= 11 is 0. The van der Waals surface area contributed by atoms with Crippen LogP contribution in [-0.4, -0.2) is 20.8 Å². The van der Waals surface area contributed by atoms with Crippen LogP contribution < -0.4 is 9.64 Å². The Kier molecular flexibility index (Phi) is 5.32. The molecule has 0 atom stereocenters. The van der Waals surface area contributed by atoms with Gasteiger partial charge in [-0.3, -0.25) is 4.99 Å². The van der Waals surface area contributed by atoms with E-state index in [-0.39, 0.29) is 5.82 Å². The molecule has 0 bridgehead atoms. The summed E-state index contributed by atoms with van der Waals surface area (Å²) in [5.74, 6) is 0.762. The van der Waals surface area contributed by atoms with Crippen molar-refractivity contribution in [2.75, 3.05) is 19.0 Å². The topological polar surface area (TPSA) is 24.8 Å². The van der Waals surface area contributed by atoms with E-state index in [1.165, 1.54) is 6.07 Å². The first-order valence-corrected chi connectivity index (χ1v) is 8.35. The zero-order valence-corrected chi connectivity index (χ0v) is 14.9. The lowest BCUT2D eigenvalue weighted by Gasteiger charge is -2.16. The molecule has 0 saturated heterocycles. The van der Waals surface area contributed by atoms with E-state index in [2.05, 4.69) is 11.7 Å². The van der Waals surface area contributed by atoms with Crippen molar-refractivity contribution in [3.8, 4) is 11.5 Å². The van der Waals surface area contributed by atoms with Gasteiger partial charge in [0.05, 0.1) is 11.4 Å². The Bertz CT molecular complexity index is 907. The Balaban J connectivity index is 1.78. The van der Waals surface area contributed by atoms with Crippen LogP contribution >= 0.6 is 0 Å². The molecule has 0 unspecified atom stereocenters. The predicted molar refractivity (Wildman–Crippen MR) is 106 cm³/mol. The number of rotatable bonds is 6. The number of aliphatic imine (C=N–C) groups is 1. The number of anilines is 1. The van der Waals surface area contributed by atoms with Crippen molar-refractivity contribution >= 4 is 18.1 Å². The minimum atomic E-state index is -0.279. The van der Waals surface area contributed by atoms with Crippen molar-refractivity contribution in [3.05, 3.63) is 83.7 Å². The van der Waals surface area contributed by atoms with Crippen LogP contribution in [0.2, 0.25) is 0 Å². The second-order valence-corrected chi connectivity index (χ2v) is 6.22. The van der Waals surface area contributed by atoms with E-state index in [0.717, 1.165) is 11.3 Å². The number of hydrogen-bond donors (Lipinski definition) is 0. The zero-order valence-electron chi connectivity index (χ0n) is 14.9. The smallest absolute Gasteiger partial charge is 0.130 e. The van der Waals surface area contributed by atoms with Crippen LogP contribution in [-0.2, 0) is 6.42 Å². The Morgan fingerprint density at radius 2 is 1.65 bits per heavy atom. The Labute approximate surface area is 153 Å². The molecule has 3 aromatic carbocycles. The first-order valence-electron chi connectivity index (χ1n) is 8.35. The van der Waals surface area contributed by atoms with Crippen LogP contribution in [0.15, 0.2) is 71.7 Å². The summed E-state index contributed by atoms with van der Waals surface area (Å²) in [5.41, 5.74) is 3.37. The molecule has 0 aliphatic heterocycles. The molecule has 0 spiro atoms. The van der Waals surface area contributed by atoms with Crippen LogP contribution in [0.4, 0.5) is 15.8 Å². The van der Waals surface area contributed by atoms with Crippen LogP contribution in [0, 0.1) is 5.82 Å². The lowest BCUT2D eigenvalue weighted by molar-refractivity contribution is 0.476. The highest BCUT2D eigenvalue weighted by atomic mass is 19.1. The SMILES string of the molecule is C=Nc1cc(Oc2ccc(Cc3ccccc3)c(F)c2)ccc1N(C)C.